The van der Waals surface area contributed by atoms with E-state index in [-0.39, 0.29) is 0 Å². The van der Waals surface area contributed by atoms with Crippen molar-refractivity contribution in [2.45, 2.75) is 39.5 Å². The summed E-state index contributed by atoms with van der Waals surface area (Å²) < 4.78 is 0. The first-order valence-corrected chi connectivity index (χ1v) is 7.60. The Morgan fingerprint density at radius 2 is 1.84 bits per heavy atom. The van der Waals surface area contributed by atoms with E-state index in [0.717, 1.165) is 32.1 Å². The predicted octanol–water partition coefficient (Wildman–Crippen LogP) is 1.57. The first-order valence-electron chi connectivity index (χ1n) is 7.60. The van der Waals surface area contributed by atoms with E-state index in [9.17, 15) is 0 Å². The molecule has 1 aliphatic rings. The van der Waals surface area contributed by atoms with Crippen LogP contribution in [0.1, 0.15) is 39.5 Å². The van der Waals surface area contributed by atoms with Gasteiger partial charge in [-0.1, -0.05) is 38.3 Å². The Balaban J connectivity index is 2.25. The van der Waals surface area contributed by atoms with Gasteiger partial charge in [0.2, 0.25) is 0 Å². The number of hydrogen-bond donors (Lipinski definition) is 2. The molecule has 1 saturated heterocycles. The average molecular weight is 270 g/mol. The second kappa shape index (κ2) is 9.15. The highest BCUT2D eigenvalue weighted by Crippen LogP contribution is 2.15. The molecule has 112 valence electrons. The number of rotatable bonds is 8. The van der Waals surface area contributed by atoms with Gasteiger partial charge in [0, 0.05) is 32.7 Å². The molecule has 1 heterocycles. The molecule has 5 nitrogen and oxygen atoms in total. The van der Waals surface area contributed by atoms with E-state index in [1.165, 1.54) is 32.2 Å². The number of oxime groups is 1. The largest absolute Gasteiger partial charge is 0.409 e. The lowest BCUT2D eigenvalue weighted by atomic mass is 9.98. The van der Waals surface area contributed by atoms with Crippen molar-refractivity contribution in [2.75, 3.05) is 39.3 Å². The quantitative estimate of drug-likeness (QED) is 0.304. The van der Waals surface area contributed by atoms with Crippen LogP contribution in [-0.4, -0.2) is 60.1 Å². The molecular formula is C14H30N4O. The molecule has 0 aromatic carbocycles. The van der Waals surface area contributed by atoms with Crippen LogP contribution in [-0.2, 0) is 0 Å². The molecule has 0 aromatic heterocycles. The topological polar surface area (TPSA) is 65.1 Å². The van der Waals surface area contributed by atoms with Crippen molar-refractivity contribution >= 4 is 5.84 Å². The monoisotopic (exact) mass is 270 g/mol. The fourth-order valence-electron chi connectivity index (χ4n) is 2.67. The maximum atomic E-state index is 8.58. The number of nitrogens with two attached hydrogens (primary N) is 1. The zero-order valence-corrected chi connectivity index (χ0v) is 12.5. The molecule has 0 amide bonds. The molecule has 0 aromatic rings. The summed E-state index contributed by atoms with van der Waals surface area (Å²) in [5, 5.41) is 11.6. The Morgan fingerprint density at radius 3 is 2.37 bits per heavy atom. The van der Waals surface area contributed by atoms with Gasteiger partial charge in [-0.05, 0) is 12.3 Å². The summed E-state index contributed by atoms with van der Waals surface area (Å²) >= 11 is 0. The number of unbranched alkanes of at least 4 members (excludes halogenated alkanes) is 1. The van der Waals surface area contributed by atoms with E-state index in [1.54, 1.807) is 0 Å². The summed E-state index contributed by atoms with van der Waals surface area (Å²) in [4.78, 5) is 4.81. The maximum Gasteiger partial charge on any atom is 0.153 e. The Morgan fingerprint density at radius 1 is 1.21 bits per heavy atom. The third kappa shape index (κ3) is 6.25. The summed E-state index contributed by atoms with van der Waals surface area (Å²) in [5.74, 6) is 1.15. The molecule has 0 bridgehead atoms. The third-order valence-electron chi connectivity index (χ3n) is 4.04. The molecule has 1 rings (SSSR count). The summed E-state index contributed by atoms with van der Waals surface area (Å²) in [6.07, 6.45) is 5.29. The summed E-state index contributed by atoms with van der Waals surface area (Å²) in [7, 11) is 0. The van der Waals surface area contributed by atoms with Crippen molar-refractivity contribution in [1.29, 1.82) is 0 Å². The average Bonchev–Trinajstić information content (AvgIpc) is 2.45. The van der Waals surface area contributed by atoms with E-state index >= 15 is 0 Å². The van der Waals surface area contributed by atoms with Gasteiger partial charge in [-0.3, -0.25) is 4.90 Å². The van der Waals surface area contributed by atoms with E-state index in [2.05, 4.69) is 28.8 Å². The molecule has 0 radical (unpaired) electrons. The van der Waals surface area contributed by atoms with Crippen molar-refractivity contribution in [3.8, 4) is 0 Å². The number of nitrogens with zero attached hydrogens (tertiary/aromatic N) is 3. The smallest absolute Gasteiger partial charge is 0.153 e. The van der Waals surface area contributed by atoms with Crippen LogP contribution in [0.25, 0.3) is 0 Å². The summed E-state index contributed by atoms with van der Waals surface area (Å²) in [6, 6.07) is 0. The number of piperazine rings is 1. The van der Waals surface area contributed by atoms with Gasteiger partial charge < -0.3 is 15.8 Å². The molecule has 1 aliphatic heterocycles. The second-order valence-electron chi connectivity index (χ2n) is 5.58. The van der Waals surface area contributed by atoms with Crippen LogP contribution in [0.15, 0.2) is 5.16 Å². The first kappa shape index (κ1) is 16.2. The number of hydrogen-bond acceptors (Lipinski definition) is 4. The highest BCUT2D eigenvalue weighted by atomic mass is 16.4. The van der Waals surface area contributed by atoms with Crippen molar-refractivity contribution in [3.05, 3.63) is 0 Å². The fraction of sp³-hybridized carbons (Fsp3) is 0.929. The zero-order valence-electron chi connectivity index (χ0n) is 12.5. The fourth-order valence-corrected chi connectivity index (χ4v) is 2.67. The molecule has 0 aliphatic carbocycles. The Bertz CT molecular complexity index is 262. The van der Waals surface area contributed by atoms with Gasteiger partial charge in [0.25, 0.3) is 0 Å². The second-order valence-corrected chi connectivity index (χ2v) is 5.58. The van der Waals surface area contributed by atoms with Crippen LogP contribution in [0, 0.1) is 5.92 Å². The predicted molar refractivity (Wildman–Crippen MR) is 79.6 cm³/mol. The maximum absolute atomic E-state index is 8.58. The van der Waals surface area contributed by atoms with Crippen LogP contribution in [0.2, 0.25) is 0 Å². The molecule has 3 N–H and O–H groups in total. The van der Waals surface area contributed by atoms with Crippen LogP contribution < -0.4 is 5.73 Å². The minimum atomic E-state index is 0.308. The van der Waals surface area contributed by atoms with Crippen molar-refractivity contribution in [3.63, 3.8) is 0 Å². The highest BCUT2D eigenvalue weighted by molar-refractivity contribution is 5.81. The van der Waals surface area contributed by atoms with Crippen molar-refractivity contribution in [2.24, 2.45) is 16.8 Å². The molecular weight excluding hydrogens is 240 g/mol. The van der Waals surface area contributed by atoms with E-state index < -0.39 is 0 Å². The SMILES string of the molecule is CCCCC(CC)CN1CCN(CC(N)=NO)CC1. The Labute approximate surface area is 117 Å². The Kier molecular flexibility index (Phi) is 7.82. The Hall–Kier alpha value is -0.810. The van der Waals surface area contributed by atoms with E-state index in [1.807, 2.05) is 0 Å². The molecule has 1 unspecified atom stereocenters. The lowest BCUT2D eigenvalue weighted by molar-refractivity contribution is 0.124. The first-order chi connectivity index (χ1) is 9.19. The van der Waals surface area contributed by atoms with Gasteiger partial charge in [-0.25, -0.2) is 0 Å². The minimum absolute atomic E-state index is 0.308. The van der Waals surface area contributed by atoms with Gasteiger partial charge in [0.1, 0.15) is 0 Å². The van der Waals surface area contributed by atoms with Crippen molar-refractivity contribution in [1.82, 2.24) is 9.80 Å². The van der Waals surface area contributed by atoms with Crippen molar-refractivity contribution < 1.29 is 5.21 Å². The van der Waals surface area contributed by atoms with Crippen LogP contribution in [0.4, 0.5) is 0 Å². The zero-order chi connectivity index (χ0) is 14.1. The van der Waals surface area contributed by atoms with E-state index in [4.69, 9.17) is 10.9 Å². The van der Waals surface area contributed by atoms with Gasteiger partial charge in [-0.15, -0.1) is 0 Å². The van der Waals surface area contributed by atoms with Gasteiger partial charge in [0.05, 0.1) is 6.54 Å². The normalized spacial score (nSPS) is 20.6. The molecule has 5 heteroatoms. The molecule has 1 atom stereocenters. The van der Waals surface area contributed by atoms with Gasteiger partial charge in [-0.2, -0.15) is 0 Å². The van der Waals surface area contributed by atoms with Crippen LogP contribution in [0.5, 0.6) is 0 Å². The molecule has 1 fully saturated rings. The van der Waals surface area contributed by atoms with Crippen LogP contribution in [0.3, 0.4) is 0 Å². The molecule has 19 heavy (non-hydrogen) atoms. The molecule has 0 spiro atoms. The van der Waals surface area contributed by atoms with Crippen LogP contribution >= 0.6 is 0 Å². The standard InChI is InChI=1S/C14H30N4O/c1-3-5-6-13(4-2)11-17-7-9-18(10-8-17)12-14(15)16-19/h13,19H,3-12H2,1-2H3,(H2,15,16). The lowest BCUT2D eigenvalue weighted by Crippen LogP contribution is -2.49. The molecule has 0 saturated carbocycles. The lowest BCUT2D eigenvalue weighted by Gasteiger charge is -2.36. The minimum Gasteiger partial charge on any atom is -0.409 e. The number of amidine groups is 1. The third-order valence-corrected chi connectivity index (χ3v) is 4.04. The van der Waals surface area contributed by atoms with Gasteiger partial charge in [0.15, 0.2) is 5.84 Å². The highest BCUT2D eigenvalue weighted by Gasteiger charge is 2.19. The summed E-state index contributed by atoms with van der Waals surface area (Å²) in [6.45, 7) is 10.6. The van der Waals surface area contributed by atoms with Gasteiger partial charge >= 0.3 is 0 Å². The van der Waals surface area contributed by atoms with E-state index in [0.29, 0.717) is 12.4 Å². The summed E-state index contributed by atoms with van der Waals surface area (Å²) in [5.41, 5.74) is 5.54.